The minimum Gasteiger partial charge on any atom is -0.384 e. The topological polar surface area (TPSA) is 90.9 Å². The van der Waals surface area contributed by atoms with Crippen LogP contribution in [0, 0.1) is 6.92 Å². The molecule has 2 heterocycles. The highest BCUT2D eigenvalue weighted by atomic mass is 32.2. The lowest BCUT2D eigenvalue weighted by molar-refractivity contribution is 0.596. The van der Waals surface area contributed by atoms with E-state index in [4.69, 9.17) is 15.7 Å². The summed E-state index contributed by atoms with van der Waals surface area (Å²) in [7, 11) is -3.87. The fourth-order valence-electron chi connectivity index (χ4n) is 4.47. The summed E-state index contributed by atoms with van der Waals surface area (Å²) in [4.78, 5) is 9.76. The van der Waals surface area contributed by atoms with Crippen molar-refractivity contribution in [1.82, 2.24) is 14.5 Å². The lowest BCUT2D eigenvalue weighted by atomic mass is 9.97. The normalized spacial score (nSPS) is 14.7. The summed E-state index contributed by atoms with van der Waals surface area (Å²) in [5.41, 5.74) is 11.0. The number of rotatable bonds is 5. The maximum absolute atomic E-state index is 13.7. The molecule has 2 aromatic carbocycles. The van der Waals surface area contributed by atoms with Crippen LogP contribution in [0.5, 0.6) is 0 Å². The van der Waals surface area contributed by atoms with E-state index in [2.05, 4.69) is 6.08 Å². The second-order valence-corrected chi connectivity index (χ2v) is 10.3. The van der Waals surface area contributed by atoms with E-state index >= 15 is 0 Å². The van der Waals surface area contributed by atoms with Gasteiger partial charge in [0.05, 0.1) is 15.9 Å². The Labute approximate surface area is 187 Å². The molecule has 7 heteroatoms. The molecule has 0 atom stereocenters. The average Bonchev–Trinajstić information content (AvgIpc) is 3.07. The molecule has 0 bridgehead atoms. The van der Waals surface area contributed by atoms with Crippen LogP contribution in [-0.2, 0) is 16.4 Å². The summed E-state index contributed by atoms with van der Waals surface area (Å²) < 4.78 is 29.2. The zero-order valence-electron chi connectivity index (χ0n) is 18.1. The van der Waals surface area contributed by atoms with Gasteiger partial charge in [-0.3, -0.25) is 0 Å². The molecule has 0 radical (unpaired) electrons. The fraction of sp³-hybridized carbons (Fsp3) is 0.280. The highest BCUT2D eigenvalue weighted by Gasteiger charge is 2.30. The Morgan fingerprint density at radius 1 is 1.03 bits per heavy atom. The lowest BCUT2D eigenvalue weighted by Gasteiger charge is -2.14. The van der Waals surface area contributed by atoms with Crippen molar-refractivity contribution in [2.75, 3.05) is 5.73 Å². The van der Waals surface area contributed by atoms with Gasteiger partial charge in [-0.1, -0.05) is 35.9 Å². The summed E-state index contributed by atoms with van der Waals surface area (Å²) >= 11 is 0. The van der Waals surface area contributed by atoms with Crippen LogP contribution in [0.15, 0.2) is 70.0 Å². The quantitative estimate of drug-likeness (QED) is 0.426. The monoisotopic (exact) mass is 446 g/mol. The number of para-hydroxylation sites is 2. The van der Waals surface area contributed by atoms with Crippen LogP contribution < -0.4 is 5.73 Å². The average molecular weight is 447 g/mol. The van der Waals surface area contributed by atoms with Crippen LogP contribution in [0.25, 0.3) is 22.2 Å². The van der Waals surface area contributed by atoms with Crippen molar-refractivity contribution >= 4 is 37.9 Å². The number of nitrogen functional groups attached to an aromatic ring is 1. The molecule has 0 spiro atoms. The van der Waals surface area contributed by atoms with E-state index in [1.54, 1.807) is 18.2 Å². The third-order valence-corrected chi connectivity index (χ3v) is 7.97. The van der Waals surface area contributed by atoms with E-state index in [0.29, 0.717) is 23.2 Å². The highest BCUT2D eigenvalue weighted by molar-refractivity contribution is 7.92. The molecule has 1 aliphatic carbocycles. The second kappa shape index (κ2) is 8.06. The number of aryl methyl sites for hydroxylation is 2. The molecular weight excluding hydrogens is 420 g/mol. The molecule has 5 rings (SSSR count). The molecule has 0 aliphatic heterocycles. The minimum absolute atomic E-state index is 0.0500. The van der Waals surface area contributed by atoms with Crippen LogP contribution in [-0.4, -0.2) is 23.0 Å². The third-order valence-electron chi connectivity index (χ3n) is 6.16. The number of nitrogens with two attached hydrogens (primary N) is 1. The van der Waals surface area contributed by atoms with Gasteiger partial charge >= 0.3 is 0 Å². The Kier molecular flexibility index (Phi) is 5.21. The van der Waals surface area contributed by atoms with Gasteiger partial charge in [-0.25, -0.2) is 18.4 Å². The standard InChI is InChI=1S/C25H26N4O2S/c1-17-8-7-11-19(16-17)32(30,31)23-22-25(28-21-13-6-5-12-20(21)27-22)29(24(23)26)15-14-18-9-3-2-4-10-18/h5-9,11-13,16H,2-4,10,14-15,26H2,1H3. The summed E-state index contributed by atoms with van der Waals surface area (Å²) in [5, 5.41) is 0. The summed E-state index contributed by atoms with van der Waals surface area (Å²) in [6, 6.07) is 14.4. The Bertz CT molecular complexity index is 1470. The highest BCUT2D eigenvalue weighted by Crippen LogP contribution is 2.36. The molecule has 0 saturated carbocycles. The van der Waals surface area contributed by atoms with E-state index in [0.717, 1.165) is 30.3 Å². The number of allylic oxidation sites excluding steroid dienone is 2. The smallest absolute Gasteiger partial charge is 0.212 e. The predicted octanol–water partition coefficient (Wildman–Crippen LogP) is 5.20. The Balaban J connectivity index is 1.72. The maximum Gasteiger partial charge on any atom is 0.212 e. The van der Waals surface area contributed by atoms with Crippen molar-refractivity contribution in [2.24, 2.45) is 0 Å². The molecule has 0 amide bonds. The van der Waals surface area contributed by atoms with Gasteiger partial charge in [0.25, 0.3) is 0 Å². The Morgan fingerprint density at radius 2 is 1.81 bits per heavy atom. The van der Waals surface area contributed by atoms with E-state index in [-0.39, 0.29) is 15.6 Å². The van der Waals surface area contributed by atoms with Crippen molar-refractivity contribution in [3.63, 3.8) is 0 Å². The predicted molar refractivity (Wildman–Crippen MR) is 127 cm³/mol. The number of sulfone groups is 1. The first-order valence-electron chi connectivity index (χ1n) is 11.0. The molecule has 2 N–H and O–H groups in total. The van der Waals surface area contributed by atoms with Gasteiger partial charge in [0.2, 0.25) is 9.84 Å². The molecule has 164 valence electrons. The van der Waals surface area contributed by atoms with Gasteiger partial charge < -0.3 is 10.3 Å². The molecule has 0 fully saturated rings. The molecular formula is C25H26N4O2S. The molecule has 0 saturated heterocycles. The van der Waals surface area contributed by atoms with Crippen molar-refractivity contribution in [2.45, 2.75) is 55.4 Å². The molecule has 0 unspecified atom stereocenters. The first kappa shape index (κ1) is 20.7. The molecule has 6 nitrogen and oxygen atoms in total. The maximum atomic E-state index is 13.7. The molecule has 32 heavy (non-hydrogen) atoms. The van der Waals surface area contributed by atoms with Crippen molar-refractivity contribution in [3.05, 3.63) is 65.7 Å². The van der Waals surface area contributed by atoms with Crippen molar-refractivity contribution < 1.29 is 8.42 Å². The SMILES string of the molecule is Cc1cccc(S(=O)(=O)c2c(N)n(CCC3=CCCCC3)c3nc4ccccc4nc23)c1. The van der Waals surface area contributed by atoms with Crippen molar-refractivity contribution in [3.8, 4) is 0 Å². The van der Waals surface area contributed by atoms with E-state index in [9.17, 15) is 8.42 Å². The minimum atomic E-state index is -3.87. The van der Waals surface area contributed by atoms with Gasteiger partial charge in [-0.2, -0.15) is 0 Å². The van der Waals surface area contributed by atoms with Crippen LogP contribution in [0.3, 0.4) is 0 Å². The van der Waals surface area contributed by atoms with Gasteiger partial charge in [0.1, 0.15) is 16.2 Å². The number of benzene rings is 2. The zero-order valence-corrected chi connectivity index (χ0v) is 18.9. The fourth-order valence-corrected chi connectivity index (χ4v) is 6.08. The lowest BCUT2D eigenvalue weighted by Crippen LogP contribution is -2.09. The van der Waals surface area contributed by atoms with Crippen LogP contribution in [0.2, 0.25) is 0 Å². The summed E-state index contributed by atoms with van der Waals surface area (Å²) in [5.74, 6) is 0.202. The second-order valence-electron chi connectivity index (χ2n) is 8.43. The van der Waals surface area contributed by atoms with Crippen LogP contribution in [0.4, 0.5) is 5.82 Å². The third kappa shape index (κ3) is 3.56. The van der Waals surface area contributed by atoms with Crippen molar-refractivity contribution in [1.29, 1.82) is 0 Å². The Morgan fingerprint density at radius 3 is 2.53 bits per heavy atom. The van der Waals surface area contributed by atoms with Gasteiger partial charge in [-0.05, 0) is 68.9 Å². The van der Waals surface area contributed by atoms with E-state index in [1.807, 2.05) is 41.8 Å². The number of nitrogens with zero attached hydrogens (tertiary/aromatic N) is 3. The van der Waals surface area contributed by atoms with E-state index in [1.165, 1.54) is 18.4 Å². The van der Waals surface area contributed by atoms with Gasteiger partial charge in [-0.15, -0.1) is 0 Å². The van der Waals surface area contributed by atoms with Gasteiger partial charge in [0, 0.05) is 6.54 Å². The molecule has 1 aliphatic rings. The largest absolute Gasteiger partial charge is 0.384 e. The van der Waals surface area contributed by atoms with E-state index < -0.39 is 9.84 Å². The zero-order chi connectivity index (χ0) is 22.3. The summed E-state index contributed by atoms with van der Waals surface area (Å²) in [6.45, 7) is 2.45. The number of hydrogen-bond acceptors (Lipinski definition) is 5. The first-order chi connectivity index (χ1) is 15.4. The number of hydrogen-bond donors (Lipinski definition) is 1. The molecule has 4 aromatic rings. The van der Waals surface area contributed by atoms with Gasteiger partial charge in [0.15, 0.2) is 5.65 Å². The molecule has 2 aromatic heterocycles. The number of aromatic nitrogens is 3. The number of fused-ring (bicyclic) bond motifs is 2. The first-order valence-corrected chi connectivity index (χ1v) is 12.5. The van der Waals surface area contributed by atoms with Crippen LogP contribution >= 0.6 is 0 Å². The number of anilines is 1. The summed E-state index contributed by atoms with van der Waals surface area (Å²) in [6.07, 6.45) is 7.75. The Hall–Kier alpha value is -3.19. The van der Waals surface area contributed by atoms with Crippen LogP contribution in [0.1, 0.15) is 37.7 Å².